The summed E-state index contributed by atoms with van der Waals surface area (Å²) < 4.78 is 13.2. The third-order valence-electron chi connectivity index (χ3n) is 10.6. The number of fused-ring (bicyclic) bond motifs is 1. The molecule has 4 N–H and O–H groups in total. The Balaban J connectivity index is 1.50. The van der Waals surface area contributed by atoms with Gasteiger partial charge in [-0.15, -0.1) is 0 Å². The van der Waals surface area contributed by atoms with Crippen LogP contribution in [0, 0.1) is 11.8 Å². The van der Waals surface area contributed by atoms with E-state index in [2.05, 4.69) is 33.3 Å². The topological polar surface area (TPSA) is 176 Å². The zero-order valence-corrected chi connectivity index (χ0v) is 35.0. The van der Waals surface area contributed by atoms with Gasteiger partial charge < -0.3 is 34.5 Å². The van der Waals surface area contributed by atoms with Crippen LogP contribution >= 0.6 is 0 Å². The zero-order chi connectivity index (χ0) is 42.5. The minimum absolute atomic E-state index is 0.0165. The maximum absolute atomic E-state index is 14.4. The molecule has 5 rings (SSSR count). The van der Waals surface area contributed by atoms with Crippen LogP contribution in [-0.2, 0) is 41.6 Å². The number of hydrogen-bond acceptors (Lipinski definition) is 10. The van der Waals surface area contributed by atoms with Crippen LogP contribution in [0.15, 0.2) is 60.8 Å². The standard InChI is InChI=1S/C44H58N6O8/c1-10-49-37-15-14-31(22-33(37)24-38(49)35-13-11-17-45-39(35)28(6)57-9)32-19-30(20-34(52)23-32)21-36(46-41(53)40(27(4)5)48(8)29(7)51)42(54)50-18-12-16-44(56,47-50)43(55)58-25-26(2)3/h11,13-15,17,19-20,22-24,26-28,36,40,47,52,56H,10,12,16,18,21,25H2,1-9H3,(H,46,53)/t28-,36-,40-,44-/m0/s1. The van der Waals surface area contributed by atoms with Crippen LogP contribution in [0.25, 0.3) is 33.3 Å². The molecule has 0 unspecified atom stereocenters. The molecule has 14 nitrogen and oxygen atoms in total. The summed E-state index contributed by atoms with van der Waals surface area (Å²) in [5, 5.41) is 27.3. The highest BCUT2D eigenvalue weighted by Gasteiger charge is 2.44. The predicted molar refractivity (Wildman–Crippen MR) is 221 cm³/mol. The van der Waals surface area contributed by atoms with Crippen molar-refractivity contribution in [2.24, 2.45) is 11.8 Å². The first-order valence-corrected chi connectivity index (χ1v) is 19.9. The highest BCUT2D eigenvalue weighted by atomic mass is 16.6. The number of benzene rings is 2. The summed E-state index contributed by atoms with van der Waals surface area (Å²) in [5.41, 5.74) is 6.39. The number of aromatic hydroxyl groups is 1. The maximum atomic E-state index is 14.4. The molecular formula is C44H58N6O8. The number of pyridine rings is 1. The number of aliphatic hydroxyl groups is 1. The number of hydrogen-bond donors (Lipinski definition) is 4. The molecule has 0 bridgehead atoms. The Kier molecular flexibility index (Phi) is 14.0. The molecule has 0 radical (unpaired) electrons. The van der Waals surface area contributed by atoms with E-state index < -0.39 is 35.6 Å². The Hall–Kier alpha value is -5.31. The SMILES string of the molecule is CCn1c(-c2cccnc2[C@H](C)OC)cc2cc(-c3cc(O)cc(C[C@H](NC(=O)[C@H](C(C)C)N(C)C(C)=O)C(=O)N4CCC[C@](O)(C(=O)OCC(C)C)N4)c3)ccc21. The summed E-state index contributed by atoms with van der Waals surface area (Å²) in [6.07, 6.45) is 1.78. The molecule has 4 atom stereocenters. The number of carbonyl (C=O) groups is 4. The normalized spacial score (nSPS) is 17.3. The van der Waals surface area contributed by atoms with Crippen LogP contribution < -0.4 is 10.7 Å². The third-order valence-corrected chi connectivity index (χ3v) is 10.6. The second-order valence-electron chi connectivity index (χ2n) is 15.9. The molecule has 0 saturated carbocycles. The molecule has 1 aliphatic heterocycles. The molecule has 1 saturated heterocycles. The van der Waals surface area contributed by atoms with Gasteiger partial charge in [0.05, 0.1) is 24.1 Å². The number of hydrazine groups is 1. The minimum atomic E-state index is -2.15. The Morgan fingerprint density at radius 3 is 2.43 bits per heavy atom. The van der Waals surface area contributed by atoms with E-state index in [0.29, 0.717) is 17.7 Å². The van der Waals surface area contributed by atoms with Crippen molar-refractivity contribution in [3.05, 3.63) is 72.1 Å². The summed E-state index contributed by atoms with van der Waals surface area (Å²) in [4.78, 5) is 59.6. The van der Waals surface area contributed by atoms with Crippen molar-refractivity contribution < 1.29 is 38.9 Å². The van der Waals surface area contributed by atoms with E-state index in [-0.39, 0.29) is 62.0 Å². The molecule has 2 aromatic heterocycles. The van der Waals surface area contributed by atoms with E-state index in [0.717, 1.165) is 38.4 Å². The number of ether oxygens (including phenoxy) is 2. The smallest absolute Gasteiger partial charge is 0.355 e. The number of nitrogens with zero attached hydrogens (tertiary/aromatic N) is 4. The number of esters is 1. The first kappa shape index (κ1) is 43.8. The van der Waals surface area contributed by atoms with E-state index in [1.165, 1.54) is 24.9 Å². The lowest BCUT2D eigenvalue weighted by molar-refractivity contribution is -0.187. The quantitative estimate of drug-likeness (QED) is 0.115. The lowest BCUT2D eigenvalue weighted by Gasteiger charge is -2.40. The molecule has 0 spiro atoms. The Morgan fingerprint density at radius 1 is 1.03 bits per heavy atom. The Bertz CT molecular complexity index is 2130. The summed E-state index contributed by atoms with van der Waals surface area (Å²) in [7, 11) is 3.19. The van der Waals surface area contributed by atoms with Crippen molar-refractivity contribution in [1.82, 2.24) is 30.2 Å². The van der Waals surface area contributed by atoms with E-state index in [1.807, 2.05) is 57.2 Å². The molecule has 4 aromatic rings. The number of nitrogens with one attached hydrogen (secondary N) is 2. The van der Waals surface area contributed by atoms with Crippen molar-refractivity contribution in [3.63, 3.8) is 0 Å². The monoisotopic (exact) mass is 798 g/mol. The molecular weight excluding hydrogens is 741 g/mol. The van der Waals surface area contributed by atoms with Gasteiger partial charge in [0.1, 0.15) is 17.8 Å². The van der Waals surface area contributed by atoms with E-state index in [1.54, 1.807) is 33.2 Å². The largest absolute Gasteiger partial charge is 0.508 e. The van der Waals surface area contributed by atoms with Crippen molar-refractivity contribution >= 4 is 34.6 Å². The summed E-state index contributed by atoms with van der Waals surface area (Å²) in [6, 6.07) is 15.0. The van der Waals surface area contributed by atoms with Gasteiger partial charge in [-0.05, 0) is 91.3 Å². The fourth-order valence-electron chi connectivity index (χ4n) is 7.55. The van der Waals surface area contributed by atoms with E-state index in [4.69, 9.17) is 9.47 Å². The van der Waals surface area contributed by atoms with Crippen LogP contribution in [0.4, 0.5) is 0 Å². The number of aromatic nitrogens is 2. The number of amides is 3. The van der Waals surface area contributed by atoms with Gasteiger partial charge in [-0.2, -0.15) is 5.43 Å². The number of phenols is 1. The Labute approximate surface area is 340 Å². The molecule has 0 aliphatic carbocycles. The van der Waals surface area contributed by atoms with Crippen LogP contribution in [0.5, 0.6) is 5.75 Å². The van der Waals surface area contributed by atoms with Crippen molar-refractivity contribution in [2.45, 2.75) is 98.2 Å². The predicted octanol–water partition coefficient (Wildman–Crippen LogP) is 5.35. The molecule has 312 valence electrons. The van der Waals surface area contributed by atoms with Gasteiger partial charge in [0.2, 0.25) is 17.5 Å². The average molecular weight is 799 g/mol. The van der Waals surface area contributed by atoms with Crippen molar-refractivity contribution in [1.29, 1.82) is 0 Å². The highest BCUT2D eigenvalue weighted by molar-refractivity contribution is 5.93. The van der Waals surface area contributed by atoms with Gasteiger partial charge in [0.25, 0.3) is 5.91 Å². The molecule has 1 fully saturated rings. The van der Waals surface area contributed by atoms with Crippen LogP contribution in [0.3, 0.4) is 0 Å². The third kappa shape index (κ3) is 9.68. The molecule has 3 heterocycles. The average Bonchev–Trinajstić information content (AvgIpc) is 3.56. The number of methoxy groups -OCH3 is 1. The first-order chi connectivity index (χ1) is 27.5. The lowest BCUT2D eigenvalue weighted by Crippen LogP contribution is -2.67. The summed E-state index contributed by atoms with van der Waals surface area (Å²) in [5.74, 6) is -2.69. The van der Waals surface area contributed by atoms with Gasteiger partial charge in [0, 0.05) is 69.7 Å². The van der Waals surface area contributed by atoms with E-state index in [9.17, 15) is 29.4 Å². The van der Waals surface area contributed by atoms with Crippen LogP contribution in [0.1, 0.15) is 78.7 Å². The van der Waals surface area contributed by atoms with Gasteiger partial charge in [0.15, 0.2) is 0 Å². The maximum Gasteiger partial charge on any atom is 0.355 e. The fraction of sp³-hybridized carbons (Fsp3) is 0.477. The van der Waals surface area contributed by atoms with Crippen molar-refractivity contribution in [2.75, 3.05) is 27.3 Å². The number of carbonyl (C=O) groups excluding carboxylic acids is 4. The second-order valence-corrected chi connectivity index (χ2v) is 15.9. The summed E-state index contributed by atoms with van der Waals surface area (Å²) in [6.45, 7) is 13.7. The van der Waals surface area contributed by atoms with Crippen molar-refractivity contribution in [3.8, 4) is 28.1 Å². The van der Waals surface area contributed by atoms with Crippen LogP contribution in [0.2, 0.25) is 0 Å². The van der Waals surface area contributed by atoms with E-state index >= 15 is 0 Å². The summed E-state index contributed by atoms with van der Waals surface area (Å²) >= 11 is 0. The van der Waals surface area contributed by atoms with Gasteiger partial charge in [-0.3, -0.25) is 24.4 Å². The molecule has 14 heteroatoms. The lowest BCUT2D eigenvalue weighted by atomic mass is 9.96. The van der Waals surface area contributed by atoms with Gasteiger partial charge in [-0.1, -0.05) is 39.8 Å². The van der Waals surface area contributed by atoms with Crippen LogP contribution in [-0.4, -0.2) is 98.5 Å². The highest BCUT2D eigenvalue weighted by Crippen LogP contribution is 2.36. The molecule has 1 aliphatic rings. The number of aryl methyl sites for hydroxylation is 1. The second kappa shape index (κ2) is 18.5. The first-order valence-electron chi connectivity index (χ1n) is 19.9. The molecule has 2 aromatic carbocycles. The van der Waals surface area contributed by atoms with Gasteiger partial charge >= 0.3 is 5.97 Å². The Morgan fingerprint density at radius 2 is 1.78 bits per heavy atom. The zero-order valence-electron chi connectivity index (χ0n) is 35.0. The number of phenolic OH excluding ortho intramolecular Hbond substituents is 1. The minimum Gasteiger partial charge on any atom is -0.508 e. The molecule has 3 amide bonds. The number of rotatable bonds is 15. The number of likely N-dealkylation sites (N-methyl/N-ethyl adjacent to an activating group) is 1. The van der Waals surface area contributed by atoms with Gasteiger partial charge in [-0.25, -0.2) is 4.79 Å². The fourth-order valence-corrected chi connectivity index (χ4v) is 7.55. The molecule has 58 heavy (non-hydrogen) atoms.